The molecule has 3 aromatic heterocycles. The number of aromatic nitrogens is 5. The molecule has 0 fully saturated rings. The molecule has 2 N–H and O–H groups in total. The standard InChI is InChI=1S/C11H12N6OS/c1-7-14-9(4-10-15-16-11(18)17(7)10)12-3-2-8-5-19-6-13-8/h4-6,12H,2-3H2,1H3,(H,16,18). The van der Waals surface area contributed by atoms with Gasteiger partial charge in [-0.3, -0.25) is 0 Å². The maximum atomic E-state index is 11.5. The second-order valence-electron chi connectivity index (χ2n) is 4.07. The number of fused-ring (bicyclic) bond motifs is 1. The third-order valence-corrected chi connectivity index (χ3v) is 3.38. The number of nitrogens with one attached hydrogen (secondary N) is 2. The average Bonchev–Trinajstić information content (AvgIpc) is 3.00. The molecule has 0 aliphatic carbocycles. The van der Waals surface area contributed by atoms with Gasteiger partial charge >= 0.3 is 5.69 Å². The van der Waals surface area contributed by atoms with E-state index in [1.807, 2.05) is 10.9 Å². The van der Waals surface area contributed by atoms with Crippen LogP contribution in [0.25, 0.3) is 5.65 Å². The number of hydrogen-bond donors (Lipinski definition) is 2. The first-order chi connectivity index (χ1) is 9.24. The van der Waals surface area contributed by atoms with E-state index in [2.05, 4.69) is 25.5 Å². The zero-order valence-electron chi connectivity index (χ0n) is 10.3. The van der Waals surface area contributed by atoms with Crippen molar-refractivity contribution in [3.05, 3.63) is 39.0 Å². The molecule has 7 nitrogen and oxygen atoms in total. The number of H-pyrrole nitrogens is 1. The molecule has 0 spiro atoms. The summed E-state index contributed by atoms with van der Waals surface area (Å²) >= 11 is 1.59. The summed E-state index contributed by atoms with van der Waals surface area (Å²) in [5.74, 6) is 1.31. The van der Waals surface area contributed by atoms with Gasteiger partial charge in [-0.05, 0) is 6.92 Å². The quantitative estimate of drug-likeness (QED) is 0.737. The summed E-state index contributed by atoms with van der Waals surface area (Å²) in [5.41, 5.74) is 3.17. The highest BCUT2D eigenvalue weighted by Gasteiger charge is 2.06. The van der Waals surface area contributed by atoms with Crippen molar-refractivity contribution in [2.45, 2.75) is 13.3 Å². The van der Waals surface area contributed by atoms with Gasteiger partial charge in [0.2, 0.25) is 0 Å². The average molecular weight is 276 g/mol. The van der Waals surface area contributed by atoms with Gasteiger partial charge in [0.15, 0.2) is 5.65 Å². The van der Waals surface area contributed by atoms with Crippen LogP contribution in [0.15, 0.2) is 21.8 Å². The molecule has 19 heavy (non-hydrogen) atoms. The predicted molar refractivity (Wildman–Crippen MR) is 72.7 cm³/mol. The van der Waals surface area contributed by atoms with Crippen LogP contribution >= 0.6 is 11.3 Å². The third kappa shape index (κ3) is 2.34. The van der Waals surface area contributed by atoms with Crippen molar-refractivity contribution < 1.29 is 0 Å². The highest BCUT2D eigenvalue weighted by atomic mass is 32.1. The predicted octanol–water partition coefficient (Wildman–Crippen LogP) is 0.837. The topological polar surface area (TPSA) is 88.0 Å². The number of aromatic amines is 1. The highest BCUT2D eigenvalue weighted by molar-refractivity contribution is 7.07. The lowest BCUT2D eigenvalue weighted by Crippen LogP contribution is -2.14. The fourth-order valence-corrected chi connectivity index (χ4v) is 2.46. The molecule has 0 atom stereocenters. The molecule has 0 aromatic carbocycles. The van der Waals surface area contributed by atoms with Crippen molar-refractivity contribution in [3.63, 3.8) is 0 Å². The zero-order valence-corrected chi connectivity index (χ0v) is 11.1. The first-order valence-corrected chi connectivity index (χ1v) is 6.74. The molecule has 0 saturated carbocycles. The molecule has 8 heteroatoms. The van der Waals surface area contributed by atoms with E-state index in [0.29, 0.717) is 17.3 Å². The van der Waals surface area contributed by atoms with Gasteiger partial charge in [0.05, 0.1) is 11.2 Å². The van der Waals surface area contributed by atoms with Gasteiger partial charge in [0.25, 0.3) is 0 Å². The Labute approximate surface area is 112 Å². The first kappa shape index (κ1) is 11.8. The lowest BCUT2D eigenvalue weighted by atomic mass is 10.3. The van der Waals surface area contributed by atoms with E-state index in [1.54, 1.807) is 24.3 Å². The van der Waals surface area contributed by atoms with E-state index in [9.17, 15) is 4.79 Å². The summed E-state index contributed by atoms with van der Waals surface area (Å²) in [7, 11) is 0. The fraction of sp³-hybridized carbons (Fsp3) is 0.273. The van der Waals surface area contributed by atoms with Gasteiger partial charge in [0.1, 0.15) is 11.6 Å². The summed E-state index contributed by atoms with van der Waals surface area (Å²) in [6, 6.07) is 1.74. The summed E-state index contributed by atoms with van der Waals surface area (Å²) in [6.45, 7) is 2.51. The van der Waals surface area contributed by atoms with Gasteiger partial charge in [-0.1, -0.05) is 0 Å². The van der Waals surface area contributed by atoms with E-state index in [1.165, 1.54) is 4.40 Å². The molecule has 3 heterocycles. The summed E-state index contributed by atoms with van der Waals surface area (Å²) < 4.78 is 1.44. The number of aryl methyl sites for hydroxylation is 1. The summed E-state index contributed by atoms with van der Waals surface area (Å²) in [5, 5.41) is 11.6. The molecule has 3 rings (SSSR count). The number of nitrogens with zero attached hydrogens (tertiary/aromatic N) is 4. The van der Waals surface area contributed by atoms with Crippen LogP contribution in [0.2, 0.25) is 0 Å². The molecule has 0 amide bonds. The van der Waals surface area contributed by atoms with E-state index in [4.69, 9.17) is 0 Å². The van der Waals surface area contributed by atoms with Crippen molar-refractivity contribution in [2.24, 2.45) is 0 Å². The minimum absolute atomic E-state index is 0.269. The van der Waals surface area contributed by atoms with Gasteiger partial charge in [-0.15, -0.1) is 11.3 Å². The Morgan fingerprint density at radius 3 is 3.21 bits per heavy atom. The van der Waals surface area contributed by atoms with Gasteiger partial charge in [-0.2, -0.15) is 5.10 Å². The van der Waals surface area contributed by atoms with Crippen LogP contribution in [0.3, 0.4) is 0 Å². The fourth-order valence-electron chi connectivity index (χ4n) is 1.87. The Balaban J connectivity index is 1.76. The Morgan fingerprint density at radius 1 is 1.53 bits per heavy atom. The zero-order chi connectivity index (χ0) is 13.2. The Morgan fingerprint density at radius 2 is 2.42 bits per heavy atom. The normalized spacial score (nSPS) is 11.0. The molecule has 0 saturated heterocycles. The van der Waals surface area contributed by atoms with Crippen LogP contribution in [0, 0.1) is 6.92 Å². The summed E-state index contributed by atoms with van der Waals surface area (Å²) in [6.07, 6.45) is 0.836. The van der Waals surface area contributed by atoms with Crippen molar-refractivity contribution in [2.75, 3.05) is 11.9 Å². The number of thiazole rings is 1. The Hall–Kier alpha value is -2.22. The largest absolute Gasteiger partial charge is 0.370 e. The maximum absolute atomic E-state index is 11.5. The van der Waals surface area contributed by atoms with Crippen molar-refractivity contribution in [1.82, 2.24) is 24.6 Å². The molecule has 3 aromatic rings. The van der Waals surface area contributed by atoms with Crippen LogP contribution in [-0.4, -0.2) is 31.1 Å². The SMILES string of the molecule is Cc1nc(NCCc2cscn2)cc2n[nH]c(=O)n12. The van der Waals surface area contributed by atoms with Crippen LogP contribution in [0.4, 0.5) is 5.82 Å². The second-order valence-corrected chi connectivity index (χ2v) is 4.79. The molecule has 0 unspecified atom stereocenters. The van der Waals surface area contributed by atoms with Crippen molar-refractivity contribution >= 4 is 22.8 Å². The van der Waals surface area contributed by atoms with Crippen LogP contribution < -0.4 is 11.0 Å². The minimum atomic E-state index is -0.269. The van der Waals surface area contributed by atoms with E-state index in [-0.39, 0.29) is 5.69 Å². The maximum Gasteiger partial charge on any atom is 0.349 e. The van der Waals surface area contributed by atoms with Crippen LogP contribution in [-0.2, 0) is 6.42 Å². The molecule has 0 bridgehead atoms. The van der Waals surface area contributed by atoms with Gasteiger partial charge < -0.3 is 5.32 Å². The van der Waals surface area contributed by atoms with E-state index < -0.39 is 0 Å². The highest BCUT2D eigenvalue weighted by Crippen LogP contribution is 2.08. The third-order valence-electron chi connectivity index (χ3n) is 2.74. The van der Waals surface area contributed by atoms with Gasteiger partial charge in [0, 0.05) is 24.4 Å². The molecular formula is C11H12N6OS. The van der Waals surface area contributed by atoms with Crippen LogP contribution in [0.5, 0.6) is 0 Å². The molecule has 98 valence electrons. The van der Waals surface area contributed by atoms with Gasteiger partial charge in [-0.25, -0.2) is 24.3 Å². The van der Waals surface area contributed by atoms with E-state index in [0.717, 1.165) is 18.7 Å². The molecule has 0 radical (unpaired) electrons. The minimum Gasteiger partial charge on any atom is -0.370 e. The lowest BCUT2D eigenvalue weighted by molar-refractivity contribution is 0.920. The smallest absolute Gasteiger partial charge is 0.349 e. The van der Waals surface area contributed by atoms with Crippen molar-refractivity contribution in [3.8, 4) is 0 Å². The monoisotopic (exact) mass is 276 g/mol. The second kappa shape index (κ2) is 4.81. The van der Waals surface area contributed by atoms with E-state index >= 15 is 0 Å². The number of hydrogen-bond acceptors (Lipinski definition) is 6. The summed E-state index contributed by atoms with van der Waals surface area (Å²) in [4.78, 5) is 20.0. The van der Waals surface area contributed by atoms with Crippen LogP contribution in [0.1, 0.15) is 11.5 Å². The Bertz CT molecular complexity index is 744. The lowest BCUT2D eigenvalue weighted by Gasteiger charge is -2.06. The molecule has 0 aliphatic rings. The number of anilines is 1. The number of rotatable bonds is 4. The first-order valence-electron chi connectivity index (χ1n) is 5.80. The Kier molecular flexibility index (Phi) is 3.00. The molecule has 0 aliphatic heterocycles. The molecular weight excluding hydrogens is 264 g/mol. The van der Waals surface area contributed by atoms with Crippen molar-refractivity contribution in [1.29, 1.82) is 0 Å².